The first kappa shape index (κ1) is 11.6. The van der Waals surface area contributed by atoms with Gasteiger partial charge in [-0.1, -0.05) is 17.7 Å². The van der Waals surface area contributed by atoms with Gasteiger partial charge in [0, 0.05) is 24.5 Å². The average Bonchev–Trinajstić information content (AvgIpc) is 2.46. The van der Waals surface area contributed by atoms with Gasteiger partial charge in [0.2, 0.25) is 0 Å². The zero-order chi connectivity index (χ0) is 13.7. The molecule has 0 atom stereocenters. The van der Waals surface area contributed by atoms with Crippen molar-refractivity contribution < 1.29 is 4.74 Å². The van der Waals surface area contributed by atoms with Gasteiger partial charge in [0.05, 0.1) is 13.8 Å². The Labute approximate surface area is 119 Å². The Hall–Kier alpha value is -2.16. The maximum absolute atomic E-state index is 5.35. The Morgan fingerprint density at radius 1 is 0.900 bits per heavy atom. The highest BCUT2D eigenvalue weighted by molar-refractivity contribution is 5.68. The number of hydrogen-bond donors (Lipinski definition) is 0. The molecule has 0 N–H and O–H groups in total. The summed E-state index contributed by atoms with van der Waals surface area (Å²) in [5.41, 5.74) is 6.83. The van der Waals surface area contributed by atoms with Gasteiger partial charge in [0.15, 0.2) is 0 Å². The second-order valence-electron chi connectivity index (χ2n) is 5.66. The summed E-state index contributed by atoms with van der Waals surface area (Å²) in [5.74, 6) is 0.940. The molecule has 4 rings (SSSR count). The van der Waals surface area contributed by atoms with Crippen LogP contribution < -0.4 is 14.5 Å². The lowest BCUT2D eigenvalue weighted by Gasteiger charge is -2.45. The zero-order valence-corrected chi connectivity index (χ0v) is 11.9. The standard InChI is InChI=1S/C17H18N2O/c1-12-3-5-16-13(7-12)9-18-11-19(16)10-14-8-15(20-2)4-6-17(14)18/h3-8H,9-11H2,1-2H3. The lowest BCUT2D eigenvalue weighted by Crippen LogP contribution is -2.46. The van der Waals surface area contributed by atoms with Gasteiger partial charge in [-0.05, 0) is 42.3 Å². The molecule has 102 valence electrons. The molecule has 0 spiro atoms. The van der Waals surface area contributed by atoms with Crippen LogP contribution in [0.4, 0.5) is 11.4 Å². The van der Waals surface area contributed by atoms with Crippen molar-refractivity contribution in [1.82, 2.24) is 0 Å². The van der Waals surface area contributed by atoms with Crippen molar-refractivity contribution in [3.05, 3.63) is 53.1 Å². The lowest BCUT2D eigenvalue weighted by atomic mass is 10.00. The van der Waals surface area contributed by atoms with Gasteiger partial charge in [0.1, 0.15) is 5.75 Å². The van der Waals surface area contributed by atoms with E-state index in [1.807, 2.05) is 0 Å². The molecular weight excluding hydrogens is 248 g/mol. The molecule has 2 aliphatic rings. The lowest BCUT2D eigenvalue weighted by molar-refractivity contribution is 0.414. The summed E-state index contributed by atoms with van der Waals surface area (Å²) in [4.78, 5) is 4.89. The highest BCUT2D eigenvalue weighted by Crippen LogP contribution is 2.39. The topological polar surface area (TPSA) is 15.7 Å². The van der Waals surface area contributed by atoms with Gasteiger partial charge >= 0.3 is 0 Å². The molecule has 0 saturated heterocycles. The Bertz CT molecular complexity index is 681. The van der Waals surface area contributed by atoms with Crippen LogP contribution in [0.1, 0.15) is 16.7 Å². The summed E-state index contributed by atoms with van der Waals surface area (Å²) in [6.07, 6.45) is 0. The second-order valence-corrected chi connectivity index (χ2v) is 5.66. The van der Waals surface area contributed by atoms with Crippen molar-refractivity contribution in [1.29, 1.82) is 0 Å². The number of rotatable bonds is 1. The Morgan fingerprint density at radius 2 is 1.55 bits per heavy atom. The third kappa shape index (κ3) is 1.66. The number of anilines is 2. The summed E-state index contributed by atoms with van der Waals surface area (Å²) < 4.78 is 5.35. The third-order valence-electron chi connectivity index (χ3n) is 4.27. The predicted molar refractivity (Wildman–Crippen MR) is 81.4 cm³/mol. The molecule has 2 heterocycles. The van der Waals surface area contributed by atoms with E-state index in [0.717, 1.165) is 25.5 Å². The van der Waals surface area contributed by atoms with Crippen molar-refractivity contribution in [2.45, 2.75) is 20.0 Å². The third-order valence-corrected chi connectivity index (χ3v) is 4.27. The number of benzene rings is 2. The zero-order valence-electron chi connectivity index (χ0n) is 11.9. The van der Waals surface area contributed by atoms with Crippen LogP contribution in [-0.2, 0) is 13.1 Å². The van der Waals surface area contributed by atoms with E-state index in [1.54, 1.807) is 7.11 Å². The minimum atomic E-state index is 0.940. The largest absolute Gasteiger partial charge is 0.497 e. The summed E-state index contributed by atoms with van der Waals surface area (Å²) in [6.45, 7) is 5.09. The number of ether oxygens (including phenoxy) is 1. The van der Waals surface area contributed by atoms with Gasteiger partial charge in [-0.25, -0.2) is 0 Å². The number of nitrogens with zero attached hydrogens (tertiary/aromatic N) is 2. The maximum Gasteiger partial charge on any atom is 0.119 e. The molecule has 0 fully saturated rings. The van der Waals surface area contributed by atoms with Crippen LogP contribution in [-0.4, -0.2) is 13.8 Å². The molecule has 0 amide bonds. The first-order chi connectivity index (χ1) is 9.74. The van der Waals surface area contributed by atoms with E-state index < -0.39 is 0 Å². The molecule has 2 aliphatic heterocycles. The second kappa shape index (κ2) is 4.17. The molecule has 0 unspecified atom stereocenters. The smallest absolute Gasteiger partial charge is 0.119 e. The van der Waals surface area contributed by atoms with Crippen molar-refractivity contribution in [3.8, 4) is 5.75 Å². The van der Waals surface area contributed by atoms with Crippen molar-refractivity contribution in [3.63, 3.8) is 0 Å². The molecular formula is C17H18N2O. The number of aryl methyl sites for hydroxylation is 1. The molecule has 0 aliphatic carbocycles. The van der Waals surface area contributed by atoms with Crippen LogP contribution >= 0.6 is 0 Å². The Morgan fingerprint density at radius 3 is 2.25 bits per heavy atom. The summed E-state index contributed by atoms with van der Waals surface area (Å²) >= 11 is 0. The fourth-order valence-electron chi connectivity index (χ4n) is 3.31. The first-order valence-electron chi connectivity index (χ1n) is 7.01. The van der Waals surface area contributed by atoms with Crippen molar-refractivity contribution in [2.75, 3.05) is 23.6 Å². The van der Waals surface area contributed by atoms with E-state index in [9.17, 15) is 0 Å². The number of fused-ring (bicyclic) bond motifs is 6. The van der Waals surface area contributed by atoms with Crippen LogP contribution in [0.3, 0.4) is 0 Å². The molecule has 20 heavy (non-hydrogen) atoms. The molecule has 0 saturated carbocycles. The molecule has 2 bridgehead atoms. The number of hydrogen-bond acceptors (Lipinski definition) is 3. The van der Waals surface area contributed by atoms with E-state index in [1.165, 1.54) is 28.1 Å². The first-order valence-corrected chi connectivity index (χ1v) is 7.01. The molecule has 2 aromatic carbocycles. The molecule has 0 radical (unpaired) electrons. The average molecular weight is 266 g/mol. The van der Waals surface area contributed by atoms with Gasteiger partial charge in [0.25, 0.3) is 0 Å². The van der Waals surface area contributed by atoms with Crippen LogP contribution in [0, 0.1) is 6.92 Å². The molecule has 3 heteroatoms. The van der Waals surface area contributed by atoms with Gasteiger partial charge in [-0.15, -0.1) is 0 Å². The van der Waals surface area contributed by atoms with Gasteiger partial charge in [-0.2, -0.15) is 0 Å². The summed E-state index contributed by atoms with van der Waals surface area (Å²) in [7, 11) is 1.73. The van der Waals surface area contributed by atoms with E-state index in [2.05, 4.69) is 53.1 Å². The minimum absolute atomic E-state index is 0.940. The molecule has 2 aromatic rings. The summed E-state index contributed by atoms with van der Waals surface area (Å²) in [5, 5.41) is 0. The maximum atomic E-state index is 5.35. The van der Waals surface area contributed by atoms with Crippen molar-refractivity contribution in [2.24, 2.45) is 0 Å². The SMILES string of the molecule is COc1ccc2c(c1)CN1CN2Cc2cc(C)ccc21. The molecule has 3 nitrogen and oxygen atoms in total. The Balaban J connectivity index is 1.80. The van der Waals surface area contributed by atoms with Crippen LogP contribution in [0.25, 0.3) is 0 Å². The monoisotopic (exact) mass is 266 g/mol. The fourth-order valence-corrected chi connectivity index (χ4v) is 3.31. The normalized spacial score (nSPS) is 15.7. The summed E-state index contributed by atoms with van der Waals surface area (Å²) in [6, 6.07) is 13.2. The van der Waals surface area contributed by atoms with E-state index in [0.29, 0.717) is 0 Å². The van der Waals surface area contributed by atoms with E-state index in [-0.39, 0.29) is 0 Å². The highest BCUT2D eigenvalue weighted by atomic mass is 16.5. The fraction of sp³-hybridized carbons (Fsp3) is 0.294. The van der Waals surface area contributed by atoms with Gasteiger partial charge < -0.3 is 14.5 Å². The number of methoxy groups -OCH3 is 1. The van der Waals surface area contributed by atoms with Crippen LogP contribution in [0.5, 0.6) is 5.75 Å². The quantitative estimate of drug-likeness (QED) is 0.787. The van der Waals surface area contributed by atoms with E-state index >= 15 is 0 Å². The molecule has 0 aromatic heterocycles. The highest BCUT2D eigenvalue weighted by Gasteiger charge is 2.29. The van der Waals surface area contributed by atoms with Crippen LogP contribution in [0.15, 0.2) is 36.4 Å². The van der Waals surface area contributed by atoms with E-state index in [4.69, 9.17) is 4.74 Å². The van der Waals surface area contributed by atoms with Gasteiger partial charge in [-0.3, -0.25) is 0 Å². The minimum Gasteiger partial charge on any atom is -0.497 e. The van der Waals surface area contributed by atoms with Crippen LogP contribution in [0.2, 0.25) is 0 Å². The van der Waals surface area contributed by atoms with Crippen molar-refractivity contribution >= 4 is 11.4 Å². The predicted octanol–water partition coefficient (Wildman–Crippen LogP) is 3.30. The Kier molecular flexibility index (Phi) is 2.43.